The molecule has 31 heavy (non-hydrogen) atoms. The number of pyridine rings is 1. The van der Waals surface area contributed by atoms with Crippen molar-refractivity contribution in [3.63, 3.8) is 0 Å². The Kier molecular flexibility index (Phi) is 5.63. The van der Waals surface area contributed by atoms with Gasteiger partial charge >= 0.3 is 12.2 Å². The van der Waals surface area contributed by atoms with Crippen molar-refractivity contribution in [2.24, 2.45) is 0 Å². The monoisotopic (exact) mass is 459 g/mol. The molecule has 2 aliphatic rings. The van der Waals surface area contributed by atoms with Gasteiger partial charge < -0.3 is 15.2 Å². The minimum absolute atomic E-state index is 0.104. The number of likely N-dealkylation sites (tertiary alicyclic amines) is 1. The Bertz CT molecular complexity index is 1060. The van der Waals surface area contributed by atoms with Crippen LogP contribution >= 0.6 is 0 Å². The molecule has 0 aromatic carbocycles. The van der Waals surface area contributed by atoms with Crippen LogP contribution in [0.15, 0.2) is 24.5 Å². The number of fused-ring (bicyclic) bond motifs is 1. The first-order chi connectivity index (χ1) is 14.6. The van der Waals surface area contributed by atoms with Crippen molar-refractivity contribution >= 4 is 27.1 Å². The van der Waals surface area contributed by atoms with Gasteiger partial charge in [-0.1, -0.05) is 0 Å². The van der Waals surface area contributed by atoms with E-state index in [9.17, 15) is 26.4 Å². The lowest BCUT2D eigenvalue weighted by Crippen LogP contribution is -2.63. The average Bonchev–Trinajstić information content (AvgIpc) is 3.10. The molecule has 2 aromatic rings. The SMILES string of the molecule is C[C@@H](NC(=O)N1CC(S(=O)(=O)N2CCC(c3c[nH]c4ncccc34)CC2)C1)C(F)(F)F. The van der Waals surface area contributed by atoms with Gasteiger partial charge in [0.2, 0.25) is 10.0 Å². The first kappa shape index (κ1) is 21.9. The number of piperidine rings is 1. The number of hydrogen-bond acceptors (Lipinski definition) is 4. The summed E-state index contributed by atoms with van der Waals surface area (Å²) in [6.45, 7) is 1.38. The molecule has 0 spiro atoms. The number of alkyl halides is 3. The molecule has 0 saturated carbocycles. The van der Waals surface area contributed by atoms with E-state index in [2.05, 4.69) is 9.97 Å². The van der Waals surface area contributed by atoms with Gasteiger partial charge in [-0.2, -0.15) is 13.2 Å². The molecular weight excluding hydrogens is 435 g/mol. The normalized spacial score (nSPS) is 20.6. The number of amides is 2. The molecular formula is C19H24F3N5O3S. The fourth-order valence-corrected chi connectivity index (χ4v) is 5.98. The summed E-state index contributed by atoms with van der Waals surface area (Å²) in [5.41, 5.74) is 1.94. The Balaban J connectivity index is 1.31. The van der Waals surface area contributed by atoms with E-state index in [4.69, 9.17) is 0 Å². The van der Waals surface area contributed by atoms with E-state index in [1.54, 1.807) is 6.20 Å². The molecule has 2 aliphatic heterocycles. The number of carbonyl (C=O) groups excluding carboxylic acids is 1. The molecule has 170 valence electrons. The lowest BCUT2D eigenvalue weighted by molar-refractivity contribution is -0.149. The van der Waals surface area contributed by atoms with Crippen LogP contribution in [0, 0.1) is 0 Å². The molecule has 1 atom stereocenters. The van der Waals surface area contributed by atoms with Crippen LogP contribution in [0.25, 0.3) is 11.0 Å². The second kappa shape index (κ2) is 7.97. The number of carbonyl (C=O) groups is 1. The van der Waals surface area contributed by atoms with Crippen LogP contribution in [0.5, 0.6) is 0 Å². The van der Waals surface area contributed by atoms with Crippen molar-refractivity contribution < 1.29 is 26.4 Å². The lowest BCUT2D eigenvalue weighted by Gasteiger charge is -2.42. The van der Waals surface area contributed by atoms with Gasteiger partial charge in [-0.05, 0) is 43.4 Å². The van der Waals surface area contributed by atoms with Gasteiger partial charge in [0, 0.05) is 44.0 Å². The molecule has 12 heteroatoms. The average molecular weight is 459 g/mol. The van der Waals surface area contributed by atoms with Gasteiger partial charge in [0.15, 0.2) is 0 Å². The maximum absolute atomic E-state index is 12.9. The van der Waals surface area contributed by atoms with Crippen molar-refractivity contribution in [1.82, 2.24) is 24.5 Å². The fraction of sp³-hybridized carbons (Fsp3) is 0.579. The molecule has 0 aliphatic carbocycles. The number of halogens is 3. The number of hydrogen-bond donors (Lipinski definition) is 2. The Labute approximate surface area is 177 Å². The van der Waals surface area contributed by atoms with E-state index >= 15 is 0 Å². The molecule has 2 fully saturated rings. The van der Waals surface area contributed by atoms with E-state index < -0.39 is 33.5 Å². The van der Waals surface area contributed by atoms with E-state index in [0.29, 0.717) is 25.9 Å². The highest BCUT2D eigenvalue weighted by molar-refractivity contribution is 7.89. The van der Waals surface area contributed by atoms with Crippen LogP contribution in [0.1, 0.15) is 31.2 Å². The number of nitrogens with zero attached hydrogens (tertiary/aromatic N) is 3. The summed E-state index contributed by atoms with van der Waals surface area (Å²) >= 11 is 0. The number of aromatic amines is 1. The second-order valence-electron chi connectivity index (χ2n) is 8.10. The molecule has 2 saturated heterocycles. The lowest BCUT2D eigenvalue weighted by atomic mass is 9.90. The standard InChI is InChI=1S/C19H24F3N5O3S/c1-12(19(20,21)22)25-18(28)26-10-14(11-26)31(29,30)27-7-4-13(5-8-27)16-9-24-17-15(16)3-2-6-23-17/h2-3,6,9,12-14H,4-5,7-8,10-11H2,1H3,(H,23,24)(H,25,28)/t12-/m1/s1. The van der Waals surface area contributed by atoms with Crippen molar-refractivity contribution in [2.75, 3.05) is 26.2 Å². The van der Waals surface area contributed by atoms with Crippen LogP contribution in [-0.2, 0) is 10.0 Å². The maximum atomic E-state index is 12.9. The third-order valence-corrected chi connectivity index (χ3v) is 8.35. The predicted molar refractivity (Wildman–Crippen MR) is 108 cm³/mol. The van der Waals surface area contributed by atoms with Crippen LogP contribution in [-0.4, -0.2) is 77.3 Å². The molecule has 0 radical (unpaired) electrons. The number of nitrogens with one attached hydrogen (secondary N) is 2. The van der Waals surface area contributed by atoms with Gasteiger partial charge in [-0.15, -0.1) is 0 Å². The number of urea groups is 1. The third kappa shape index (κ3) is 4.22. The van der Waals surface area contributed by atoms with E-state index in [-0.39, 0.29) is 19.0 Å². The summed E-state index contributed by atoms with van der Waals surface area (Å²) in [5.74, 6) is 0.219. The summed E-state index contributed by atoms with van der Waals surface area (Å²) in [7, 11) is -3.61. The first-order valence-electron chi connectivity index (χ1n) is 10.1. The smallest absolute Gasteiger partial charge is 0.346 e. The largest absolute Gasteiger partial charge is 0.408 e. The number of rotatable bonds is 4. The van der Waals surface area contributed by atoms with Crippen molar-refractivity contribution in [1.29, 1.82) is 0 Å². The Hall–Kier alpha value is -2.34. The summed E-state index contributed by atoms with van der Waals surface area (Å²) < 4.78 is 65.0. The zero-order valence-corrected chi connectivity index (χ0v) is 17.7. The zero-order chi connectivity index (χ0) is 22.4. The first-order valence-corrected chi connectivity index (χ1v) is 11.6. The Morgan fingerprint density at radius 2 is 1.97 bits per heavy atom. The summed E-state index contributed by atoms with van der Waals surface area (Å²) in [5, 5.41) is 2.11. The van der Waals surface area contributed by atoms with Crippen LogP contribution in [0.3, 0.4) is 0 Å². The Morgan fingerprint density at radius 1 is 1.29 bits per heavy atom. The maximum Gasteiger partial charge on any atom is 0.408 e. The predicted octanol–water partition coefficient (Wildman–Crippen LogP) is 2.42. The van der Waals surface area contributed by atoms with Crippen molar-refractivity contribution in [3.8, 4) is 0 Å². The third-order valence-electron chi connectivity index (χ3n) is 6.12. The highest BCUT2D eigenvalue weighted by Crippen LogP contribution is 2.34. The van der Waals surface area contributed by atoms with E-state index in [1.165, 1.54) is 4.31 Å². The molecule has 4 heterocycles. The van der Waals surface area contributed by atoms with Crippen LogP contribution in [0.2, 0.25) is 0 Å². The summed E-state index contributed by atoms with van der Waals surface area (Å²) in [4.78, 5) is 20.4. The zero-order valence-electron chi connectivity index (χ0n) is 16.9. The molecule has 0 bridgehead atoms. The van der Waals surface area contributed by atoms with E-state index in [0.717, 1.165) is 28.4 Å². The summed E-state index contributed by atoms with van der Waals surface area (Å²) in [6, 6.07) is 0.968. The molecule has 4 rings (SSSR count). The quantitative estimate of drug-likeness (QED) is 0.734. The van der Waals surface area contributed by atoms with Gasteiger partial charge in [-0.3, -0.25) is 0 Å². The minimum atomic E-state index is -4.54. The Morgan fingerprint density at radius 3 is 2.61 bits per heavy atom. The van der Waals surface area contributed by atoms with Crippen LogP contribution in [0.4, 0.5) is 18.0 Å². The molecule has 2 amide bonds. The molecule has 2 aromatic heterocycles. The second-order valence-corrected chi connectivity index (χ2v) is 10.3. The molecule has 2 N–H and O–H groups in total. The van der Waals surface area contributed by atoms with Crippen molar-refractivity contribution in [2.45, 2.75) is 43.2 Å². The van der Waals surface area contributed by atoms with Gasteiger partial charge in [-0.25, -0.2) is 22.5 Å². The number of aromatic nitrogens is 2. The highest BCUT2D eigenvalue weighted by Gasteiger charge is 2.45. The van der Waals surface area contributed by atoms with E-state index in [1.807, 2.05) is 23.6 Å². The highest BCUT2D eigenvalue weighted by atomic mass is 32.2. The van der Waals surface area contributed by atoms with Crippen LogP contribution < -0.4 is 5.32 Å². The van der Waals surface area contributed by atoms with Gasteiger partial charge in [0.25, 0.3) is 0 Å². The van der Waals surface area contributed by atoms with Gasteiger partial charge in [0.05, 0.1) is 0 Å². The summed E-state index contributed by atoms with van der Waals surface area (Å²) in [6.07, 6.45) is 0.431. The fourth-order valence-electron chi connectivity index (χ4n) is 4.10. The number of sulfonamides is 1. The molecule has 0 unspecified atom stereocenters. The number of H-pyrrole nitrogens is 1. The minimum Gasteiger partial charge on any atom is -0.346 e. The van der Waals surface area contributed by atoms with Crippen molar-refractivity contribution in [3.05, 3.63) is 30.1 Å². The topological polar surface area (TPSA) is 98.4 Å². The van der Waals surface area contributed by atoms with Gasteiger partial charge in [0.1, 0.15) is 16.9 Å². The molecule has 8 nitrogen and oxygen atoms in total.